The molecule has 18 heavy (non-hydrogen) atoms. The summed E-state index contributed by atoms with van der Waals surface area (Å²) in [5.41, 5.74) is 1.35. The Morgan fingerprint density at radius 1 is 1.44 bits per heavy atom. The minimum absolute atomic E-state index is 0.116. The van der Waals surface area contributed by atoms with E-state index in [2.05, 4.69) is 4.74 Å². The summed E-state index contributed by atoms with van der Waals surface area (Å²) in [7, 11) is 0. The van der Waals surface area contributed by atoms with Gasteiger partial charge in [-0.15, -0.1) is 0 Å². The number of nitrogens with zero attached hydrogens (tertiary/aromatic N) is 1. The van der Waals surface area contributed by atoms with Crippen molar-refractivity contribution in [3.05, 3.63) is 23.0 Å². The second-order valence-corrected chi connectivity index (χ2v) is 3.91. The molecule has 4 nitrogen and oxygen atoms in total. The maximum absolute atomic E-state index is 11.8. The van der Waals surface area contributed by atoms with Gasteiger partial charge in [-0.25, -0.2) is 4.79 Å². The highest BCUT2D eigenvalue weighted by Gasteiger charge is 2.27. The second-order valence-electron chi connectivity index (χ2n) is 3.91. The molecule has 0 spiro atoms. The lowest BCUT2D eigenvalue weighted by atomic mass is 10.2. The van der Waals surface area contributed by atoms with Gasteiger partial charge in [-0.2, -0.15) is 13.2 Å². The number of carboxylic acid groups (broad SMARTS) is 1. The second kappa shape index (κ2) is 5.43. The molecular weight excluding hydrogens is 251 g/mol. The van der Waals surface area contributed by atoms with Gasteiger partial charge in [0.2, 0.25) is 0 Å². The van der Waals surface area contributed by atoms with Crippen molar-refractivity contribution < 1.29 is 27.8 Å². The maximum Gasteiger partial charge on any atom is 0.411 e. The quantitative estimate of drug-likeness (QED) is 0.832. The average Bonchev–Trinajstić information content (AvgIpc) is 2.49. The Hall–Kier alpha value is -1.50. The molecule has 0 saturated carbocycles. The molecule has 0 fully saturated rings. The number of aryl methyl sites for hydroxylation is 1. The zero-order valence-electron chi connectivity index (χ0n) is 10.0. The molecule has 0 aliphatic heterocycles. The van der Waals surface area contributed by atoms with Crippen molar-refractivity contribution in [3.8, 4) is 0 Å². The zero-order valence-corrected chi connectivity index (χ0v) is 10.0. The van der Waals surface area contributed by atoms with Crippen LogP contribution in [0.15, 0.2) is 6.07 Å². The first kappa shape index (κ1) is 14.6. The SMILES string of the molecule is Cc1cc(C(=O)O)c(C)n1CCOCC(F)(F)F. The molecule has 0 bridgehead atoms. The first-order valence-corrected chi connectivity index (χ1v) is 5.27. The smallest absolute Gasteiger partial charge is 0.411 e. The maximum atomic E-state index is 11.8. The van der Waals surface area contributed by atoms with Gasteiger partial charge in [-0.3, -0.25) is 0 Å². The molecule has 1 rings (SSSR count). The first-order valence-electron chi connectivity index (χ1n) is 5.27. The predicted molar refractivity (Wildman–Crippen MR) is 57.7 cm³/mol. The highest BCUT2D eigenvalue weighted by Crippen LogP contribution is 2.16. The molecule has 0 atom stereocenters. The lowest BCUT2D eigenvalue weighted by Gasteiger charge is -2.11. The van der Waals surface area contributed by atoms with E-state index in [4.69, 9.17) is 5.11 Å². The van der Waals surface area contributed by atoms with Crippen LogP contribution >= 0.6 is 0 Å². The Morgan fingerprint density at radius 2 is 2.06 bits per heavy atom. The van der Waals surface area contributed by atoms with Crippen LogP contribution < -0.4 is 0 Å². The summed E-state index contributed by atoms with van der Waals surface area (Å²) >= 11 is 0. The van der Waals surface area contributed by atoms with Crippen LogP contribution in [-0.2, 0) is 11.3 Å². The minimum Gasteiger partial charge on any atom is -0.478 e. The molecule has 1 aromatic heterocycles. The number of hydrogen-bond donors (Lipinski definition) is 1. The molecule has 0 aliphatic carbocycles. The van der Waals surface area contributed by atoms with Crippen LogP contribution in [-0.4, -0.2) is 35.0 Å². The Balaban J connectivity index is 2.60. The molecule has 1 heterocycles. The van der Waals surface area contributed by atoms with Crippen LogP contribution in [0.25, 0.3) is 0 Å². The van der Waals surface area contributed by atoms with Gasteiger partial charge in [0.1, 0.15) is 6.61 Å². The summed E-state index contributed by atoms with van der Waals surface area (Å²) in [6.07, 6.45) is -4.34. The van der Waals surface area contributed by atoms with E-state index in [-0.39, 0.29) is 18.7 Å². The number of aromatic nitrogens is 1. The van der Waals surface area contributed by atoms with E-state index in [1.165, 1.54) is 6.07 Å². The van der Waals surface area contributed by atoms with Crippen LogP contribution in [0, 0.1) is 13.8 Å². The topological polar surface area (TPSA) is 51.5 Å². The first-order chi connectivity index (χ1) is 8.22. The third-order valence-electron chi connectivity index (χ3n) is 2.53. The predicted octanol–water partition coefficient (Wildman–Crippen LogP) is 2.38. The Kier molecular flexibility index (Phi) is 4.39. The van der Waals surface area contributed by atoms with E-state index < -0.39 is 18.8 Å². The fraction of sp³-hybridized carbons (Fsp3) is 0.545. The fourth-order valence-electron chi connectivity index (χ4n) is 1.71. The van der Waals surface area contributed by atoms with Gasteiger partial charge < -0.3 is 14.4 Å². The lowest BCUT2D eigenvalue weighted by Crippen LogP contribution is -2.19. The number of halogens is 3. The summed E-state index contributed by atoms with van der Waals surface area (Å²) in [4.78, 5) is 10.9. The number of hydrogen-bond acceptors (Lipinski definition) is 2. The van der Waals surface area contributed by atoms with E-state index in [1.807, 2.05) is 0 Å². The molecule has 1 N–H and O–H groups in total. The number of rotatable bonds is 5. The minimum atomic E-state index is -4.34. The van der Waals surface area contributed by atoms with Crippen molar-refractivity contribution in [1.82, 2.24) is 4.57 Å². The Morgan fingerprint density at radius 3 is 2.50 bits per heavy atom. The molecule has 0 radical (unpaired) electrons. The van der Waals surface area contributed by atoms with Gasteiger partial charge in [0.25, 0.3) is 0 Å². The average molecular weight is 265 g/mol. The van der Waals surface area contributed by atoms with Crippen molar-refractivity contribution in [2.24, 2.45) is 0 Å². The van der Waals surface area contributed by atoms with Crippen molar-refractivity contribution in [2.75, 3.05) is 13.2 Å². The van der Waals surface area contributed by atoms with Crippen molar-refractivity contribution >= 4 is 5.97 Å². The van der Waals surface area contributed by atoms with Gasteiger partial charge in [0.15, 0.2) is 0 Å². The van der Waals surface area contributed by atoms with E-state index in [1.54, 1.807) is 18.4 Å². The van der Waals surface area contributed by atoms with Crippen molar-refractivity contribution in [3.63, 3.8) is 0 Å². The summed E-state index contributed by atoms with van der Waals surface area (Å²) < 4.78 is 41.6. The lowest BCUT2D eigenvalue weighted by molar-refractivity contribution is -0.174. The molecule has 0 aromatic carbocycles. The van der Waals surface area contributed by atoms with Crippen molar-refractivity contribution in [1.29, 1.82) is 0 Å². The third kappa shape index (κ3) is 3.76. The van der Waals surface area contributed by atoms with E-state index in [0.717, 1.165) is 0 Å². The molecule has 0 unspecified atom stereocenters. The molecule has 0 saturated heterocycles. The number of ether oxygens (including phenoxy) is 1. The van der Waals surface area contributed by atoms with E-state index in [9.17, 15) is 18.0 Å². The number of aromatic carboxylic acids is 1. The summed E-state index contributed by atoms with van der Waals surface area (Å²) in [5, 5.41) is 8.89. The van der Waals surface area contributed by atoms with Crippen LogP contribution in [0.1, 0.15) is 21.7 Å². The highest BCUT2D eigenvalue weighted by molar-refractivity contribution is 5.89. The molecule has 7 heteroatoms. The molecular formula is C11H14F3NO3. The zero-order chi connectivity index (χ0) is 13.9. The largest absolute Gasteiger partial charge is 0.478 e. The van der Waals surface area contributed by atoms with Crippen LogP contribution in [0.3, 0.4) is 0 Å². The number of alkyl halides is 3. The number of carboxylic acids is 1. The normalized spacial score (nSPS) is 11.8. The van der Waals surface area contributed by atoms with E-state index >= 15 is 0 Å². The molecule has 102 valence electrons. The Bertz CT molecular complexity index is 437. The van der Waals surface area contributed by atoms with Gasteiger partial charge >= 0.3 is 12.1 Å². The van der Waals surface area contributed by atoms with Gasteiger partial charge in [0, 0.05) is 17.9 Å². The summed E-state index contributed by atoms with van der Waals surface area (Å²) in [6.45, 7) is 2.09. The van der Waals surface area contributed by atoms with Crippen molar-refractivity contribution in [2.45, 2.75) is 26.6 Å². The van der Waals surface area contributed by atoms with Gasteiger partial charge in [-0.1, -0.05) is 0 Å². The molecule has 0 aliphatic rings. The summed E-state index contributed by atoms with van der Waals surface area (Å²) in [6, 6.07) is 1.49. The Labute approximate surface area is 102 Å². The van der Waals surface area contributed by atoms with E-state index in [0.29, 0.717) is 11.4 Å². The van der Waals surface area contributed by atoms with Gasteiger partial charge in [0.05, 0.1) is 12.2 Å². The summed E-state index contributed by atoms with van der Waals surface area (Å²) in [5.74, 6) is -1.05. The fourth-order valence-corrected chi connectivity index (χ4v) is 1.71. The molecule has 1 aromatic rings. The third-order valence-corrected chi connectivity index (χ3v) is 2.53. The van der Waals surface area contributed by atoms with Gasteiger partial charge in [-0.05, 0) is 19.9 Å². The van der Waals surface area contributed by atoms with Crippen LogP contribution in [0.2, 0.25) is 0 Å². The standard InChI is InChI=1S/C11H14F3NO3/c1-7-5-9(10(16)17)8(2)15(7)3-4-18-6-11(12,13)14/h5H,3-4,6H2,1-2H3,(H,16,17). The monoisotopic (exact) mass is 265 g/mol. The number of carbonyl (C=O) groups is 1. The highest BCUT2D eigenvalue weighted by atomic mass is 19.4. The molecule has 0 amide bonds. The van der Waals surface area contributed by atoms with Crippen LogP contribution in [0.5, 0.6) is 0 Å². The van der Waals surface area contributed by atoms with Crippen LogP contribution in [0.4, 0.5) is 13.2 Å².